The monoisotopic (exact) mass is 977 g/mol. The van der Waals surface area contributed by atoms with E-state index < -0.39 is 61.3 Å². The topological polar surface area (TPSA) is 169 Å². The number of carbonyl (C=O) groups excluding carboxylic acids is 2. The second-order valence-electron chi connectivity index (χ2n) is 19.8. The van der Waals surface area contributed by atoms with Gasteiger partial charge in [-0.1, -0.05) is 237 Å². The zero-order valence-corrected chi connectivity index (χ0v) is 44.1. The van der Waals surface area contributed by atoms with Crippen LogP contribution in [0.1, 0.15) is 264 Å². The average molecular weight is 977 g/mol. The molecule has 0 aliphatic carbocycles. The SMILES string of the molecule is CCCCC/C=C\C/C=C\C/C=C\CCCCCCCCC(=O)OCC(COC1OC(C(=O)O)C(O)C(O)C1O)OC(=O)CCCCCCCCCCCCCCCCCCCCCCCCCC. The summed E-state index contributed by atoms with van der Waals surface area (Å²) in [6, 6.07) is 0. The van der Waals surface area contributed by atoms with Crippen molar-refractivity contribution >= 4 is 17.9 Å². The van der Waals surface area contributed by atoms with E-state index in [1.807, 2.05) is 0 Å². The summed E-state index contributed by atoms with van der Waals surface area (Å²) < 4.78 is 21.9. The Kier molecular flexibility index (Phi) is 44.6. The second kappa shape index (κ2) is 47.7. The standard InChI is InChI=1S/C58H104O11/c1-3-5-7-9-11-13-15-17-19-21-23-24-25-26-27-29-31-33-35-37-39-41-43-45-47-52(60)68-50(49-67-58-55(63)53(61)54(62)56(69-58)57(64)65)48-66-51(59)46-44-42-40-38-36-34-32-30-28-22-20-18-16-14-12-10-8-6-4-2/h12,14,18,20,28,30,50,53-56,58,61-63H,3-11,13,15-17,19,21-27,29,31-49H2,1-2H3,(H,64,65)/b14-12-,20-18-,30-28-. The van der Waals surface area contributed by atoms with Crippen LogP contribution in [0.5, 0.6) is 0 Å². The van der Waals surface area contributed by atoms with E-state index in [1.165, 1.54) is 154 Å². The number of allylic oxidation sites excluding steroid dienone is 6. The highest BCUT2D eigenvalue weighted by Gasteiger charge is 2.47. The zero-order valence-electron chi connectivity index (χ0n) is 44.1. The number of aliphatic hydroxyl groups excluding tert-OH is 3. The molecule has 0 radical (unpaired) electrons. The number of carboxylic acids is 1. The van der Waals surface area contributed by atoms with Crippen LogP contribution in [-0.2, 0) is 33.3 Å². The minimum absolute atomic E-state index is 0.184. The van der Waals surface area contributed by atoms with E-state index in [4.69, 9.17) is 18.9 Å². The van der Waals surface area contributed by atoms with Gasteiger partial charge in [0.05, 0.1) is 6.61 Å². The predicted octanol–water partition coefficient (Wildman–Crippen LogP) is 14.3. The molecule has 1 fully saturated rings. The van der Waals surface area contributed by atoms with Crippen LogP contribution in [0.2, 0.25) is 0 Å². The van der Waals surface area contributed by atoms with Crippen LogP contribution < -0.4 is 0 Å². The Morgan fingerprint density at radius 2 is 0.812 bits per heavy atom. The van der Waals surface area contributed by atoms with Gasteiger partial charge in [0.1, 0.15) is 24.9 Å². The van der Waals surface area contributed by atoms with E-state index in [0.29, 0.717) is 12.8 Å². The number of aliphatic carboxylic acids is 1. The Labute approximate surface area is 421 Å². The van der Waals surface area contributed by atoms with Gasteiger partial charge < -0.3 is 39.4 Å². The molecule has 11 heteroatoms. The maximum absolute atomic E-state index is 12.9. The maximum Gasteiger partial charge on any atom is 0.335 e. The molecule has 0 aromatic carbocycles. The smallest absolute Gasteiger partial charge is 0.335 e. The summed E-state index contributed by atoms with van der Waals surface area (Å²) in [6.07, 6.45) is 49.1. The second-order valence-corrected chi connectivity index (χ2v) is 19.8. The summed E-state index contributed by atoms with van der Waals surface area (Å²) >= 11 is 0. The number of carbonyl (C=O) groups is 3. The first kappa shape index (κ1) is 64.4. The summed E-state index contributed by atoms with van der Waals surface area (Å²) in [5.41, 5.74) is 0. The highest BCUT2D eigenvalue weighted by atomic mass is 16.7. The maximum atomic E-state index is 12.9. The van der Waals surface area contributed by atoms with E-state index in [0.717, 1.165) is 70.6 Å². The molecule has 1 rings (SSSR count). The lowest BCUT2D eigenvalue weighted by Gasteiger charge is -2.38. The molecule has 1 heterocycles. The van der Waals surface area contributed by atoms with Gasteiger partial charge in [0.2, 0.25) is 0 Å². The quantitative estimate of drug-likeness (QED) is 0.0260. The van der Waals surface area contributed by atoms with Gasteiger partial charge in [-0.3, -0.25) is 9.59 Å². The molecule has 4 N–H and O–H groups in total. The largest absolute Gasteiger partial charge is 0.479 e. The van der Waals surface area contributed by atoms with Crippen molar-refractivity contribution in [3.05, 3.63) is 36.5 Å². The Hall–Kier alpha value is -2.57. The molecule has 0 spiro atoms. The lowest BCUT2D eigenvalue weighted by Crippen LogP contribution is -2.60. The highest BCUT2D eigenvalue weighted by Crippen LogP contribution is 2.23. The Morgan fingerprint density at radius 1 is 0.449 bits per heavy atom. The van der Waals surface area contributed by atoms with Gasteiger partial charge in [0, 0.05) is 12.8 Å². The van der Waals surface area contributed by atoms with Crippen molar-refractivity contribution in [3.63, 3.8) is 0 Å². The van der Waals surface area contributed by atoms with Gasteiger partial charge in [0.15, 0.2) is 18.5 Å². The zero-order chi connectivity index (χ0) is 50.3. The van der Waals surface area contributed by atoms with Crippen molar-refractivity contribution in [2.75, 3.05) is 13.2 Å². The molecule has 69 heavy (non-hydrogen) atoms. The summed E-state index contributed by atoms with van der Waals surface area (Å²) in [6.45, 7) is 3.83. The van der Waals surface area contributed by atoms with Crippen molar-refractivity contribution < 1.29 is 53.8 Å². The molecule has 1 aliphatic rings. The van der Waals surface area contributed by atoms with Crippen LogP contribution in [-0.4, -0.2) is 88.4 Å². The number of unbranched alkanes of at least 4 members (excludes halogenated alkanes) is 32. The third-order valence-electron chi connectivity index (χ3n) is 13.2. The average Bonchev–Trinajstić information content (AvgIpc) is 3.34. The van der Waals surface area contributed by atoms with E-state index in [2.05, 4.69) is 50.3 Å². The van der Waals surface area contributed by atoms with Gasteiger partial charge in [-0.2, -0.15) is 0 Å². The minimum Gasteiger partial charge on any atom is -0.479 e. The van der Waals surface area contributed by atoms with Crippen molar-refractivity contribution in [1.82, 2.24) is 0 Å². The molecular weight excluding hydrogens is 873 g/mol. The molecule has 0 bridgehead atoms. The fourth-order valence-electron chi connectivity index (χ4n) is 8.77. The third-order valence-corrected chi connectivity index (χ3v) is 13.2. The first-order chi connectivity index (χ1) is 33.7. The van der Waals surface area contributed by atoms with Gasteiger partial charge in [-0.25, -0.2) is 4.79 Å². The summed E-state index contributed by atoms with van der Waals surface area (Å²) in [7, 11) is 0. The number of hydrogen-bond donors (Lipinski definition) is 4. The molecule has 1 aliphatic heterocycles. The Morgan fingerprint density at radius 3 is 1.25 bits per heavy atom. The predicted molar refractivity (Wildman–Crippen MR) is 280 cm³/mol. The molecule has 6 unspecified atom stereocenters. The number of rotatable bonds is 49. The first-order valence-corrected chi connectivity index (χ1v) is 28.5. The first-order valence-electron chi connectivity index (χ1n) is 28.5. The fraction of sp³-hybridized carbons (Fsp3) is 0.845. The summed E-state index contributed by atoms with van der Waals surface area (Å²) in [5.74, 6) is -2.44. The van der Waals surface area contributed by atoms with Gasteiger partial charge in [-0.05, 0) is 51.4 Å². The normalized spacial score (nSPS) is 19.0. The number of hydrogen-bond acceptors (Lipinski definition) is 10. The lowest BCUT2D eigenvalue weighted by atomic mass is 9.99. The van der Waals surface area contributed by atoms with Gasteiger partial charge in [-0.15, -0.1) is 0 Å². The van der Waals surface area contributed by atoms with Crippen LogP contribution in [0.3, 0.4) is 0 Å². The minimum atomic E-state index is -1.86. The molecule has 11 nitrogen and oxygen atoms in total. The van der Waals surface area contributed by atoms with Crippen LogP contribution in [0.25, 0.3) is 0 Å². The van der Waals surface area contributed by atoms with Crippen molar-refractivity contribution in [1.29, 1.82) is 0 Å². The third kappa shape index (κ3) is 38.7. The number of aliphatic hydroxyl groups is 3. The number of ether oxygens (including phenoxy) is 4. The molecular formula is C58H104O11. The summed E-state index contributed by atoms with van der Waals surface area (Å²) in [4.78, 5) is 37.1. The fourth-order valence-corrected chi connectivity index (χ4v) is 8.77. The van der Waals surface area contributed by atoms with E-state index in [-0.39, 0.29) is 19.4 Å². The summed E-state index contributed by atoms with van der Waals surface area (Å²) in [5, 5.41) is 40.0. The number of esters is 2. The molecule has 402 valence electrons. The molecule has 0 amide bonds. The van der Waals surface area contributed by atoms with Crippen molar-refractivity contribution in [3.8, 4) is 0 Å². The molecule has 1 saturated heterocycles. The highest BCUT2D eigenvalue weighted by molar-refractivity contribution is 5.73. The van der Waals surface area contributed by atoms with Crippen molar-refractivity contribution in [2.24, 2.45) is 0 Å². The van der Waals surface area contributed by atoms with Crippen LogP contribution in [0.15, 0.2) is 36.5 Å². The van der Waals surface area contributed by atoms with Crippen molar-refractivity contribution in [2.45, 2.75) is 301 Å². The van der Waals surface area contributed by atoms with E-state index in [9.17, 15) is 34.8 Å². The number of carboxylic acid groups (broad SMARTS) is 1. The van der Waals surface area contributed by atoms with Crippen LogP contribution in [0, 0.1) is 0 Å². The Bertz CT molecular complexity index is 1280. The van der Waals surface area contributed by atoms with Crippen LogP contribution >= 0.6 is 0 Å². The Balaban J connectivity index is 2.24. The molecule has 0 aromatic heterocycles. The molecule has 6 atom stereocenters. The van der Waals surface area contributed by atoms with Gasteiger partial charge in [0.25, 0.3) is 0 Å². The van der Waals surface area contributed by atoms with Crippen LogP contribution in [0.4, 0.5) is 0 Å². The lowest BCUT2D eigenvalue weighted by molar-refractivity contribution is -0.298. The van der Waals surface area contributed by atoms with Gasteiger partial charge >= 0.3 is 17.9 Å². The van der Waals surface area contributed by atoms with E-state index in [1.54, 1.807) is 0 Å². The molecule has 0 aromatic rings. The van der Waals surface area contributed by atoms with E-state index >= 15 is 0 Å². The molecule has 0 saturated carbocycles.